The molecule has 1 atom stereocenters. The van der Waals surface area contributed by atoms with Crippen molar-refractivity contribution in [3.8, 4) is 11.5 Å². The number of halogens is 4. The molecule has 0 aromatic heterocycles. The van der Waals surface area contributed by atoms with Crippen LogP contribution in [0.15, 0.2) is 23.2 Å². The third kappa shape index (κ3) is 10.1. The van der Waals surface area contributed by atoms with E-state index >= 15 is 0 Å². The summed E-state index contributed by atoms with van der Waals surface area (Å²) in [4.78, 5) is 6.93. The Morgan fingerprint density at radius 2 is 1.94 bits per heavy atom. The fraction of sp³-hybridized carbons (Fsp3) is 0.650. The van der Waals surface area contributed by atoms with Crippen molar-refractivity contribution in [2.24, 2.45) is 4.99 Å². The van der Waals surface area contributed by atoms with E-state index in [-0.39, 0.29) is 35.5 Å². The molecule has 7 nitrogen and oxygen atoms in total. The van der Waals surface area contributed by atoms with E-state index in [0.29, 0.717) is 25.1 Å². The molecule has 1 saturated heterocycles. The molecule has 0 aliphatic carbocycles. The number of hydrogen-bond donors (Lipinski definition) is 2. The van der Waals surface area contributed by atoms with Gasteiger partial charge in [0.15, 0.2) is 24.1 Å². The minimum atomic E-state index is -4.40. The predicted octanol–water partition coefficient (Wildman–Crippen LogP) is 3.03. The molecule has 0 saturated carbocycles. The second-order valence-electron chi connectivity index (χ2n) is 6.96. The summed E-state index contributed by atoms with van der Waals surface area (Å²) >= 11 is 0. The molecule has 31 heavy (non-hydrogen) atoms. The molecule has 1 heterocycles. The van der Waals surface area contributed by atoms with Gasteiger partial charge in [-0.25, -0.2) is 4.99 Å². The lowest BCUT2D eigenvalue weighted by atomic mass is 10.2. The fourth-order valence-corrected chi connectivity index (χ4v) is 2.99. The second kappa shape index (κ2) is 13.8. The first-order valence-electron chi connectivity index (χ1n) is 10.0. The van der Waals surface area contributed by atoms with Crippen molar-refractivity contribution in [1.29, 1.82) is 0 Å². The maximum atomic E-state index is 12.4. The largest absolute Gasteiger partial charge is 0.493 e. The Bertz CT molecular complexity index is 686. The van der Waals surface area contributed by atoms with Crippen LogP contribution in [0.2, 0.25) is 0 Å². The molecule has 1 unspecified atom stereocenters. The van der Waals surface area contributed by atoms with E-state index in [4.69, 9.17) is 14.2 Å². The molecule has 1 aliphatic rings. The number of alkyl halides is 3. The van der Waals surface area contributed by atoms with Crippen molar-refractivity contribution in [1.82, 2.24) is 15.5 Å². The van der Waals surface area contributed by atoms with Crippen LogP contribution in [0, 0.1) is 0 Å². The van der Waals surface area contributed by atoms with Crippen LogP contribution in [-0.2, 0) is 11.3 Å². The summed E-state index contributed by atoms with van der Waals surface area (Å²) in [7, 11) is 1.39. The zero-order valence-electron chi connectivity index (χ0n) is 18.1. The smallest absolute Gasteiger partial charge is 0.422 e. The number of methoxy groups -OCH3 is 1. The zero-order valence-corrected chi connectivity index (χ0v) is 20.5. The number of benzene rings is 1. The van der Waals surface area contributed by atoms with Crippen molar-refractivity contribution in [3.05, 3.63) is 23.8 Å². The molecule has 1 aromatic carbocycles. The van der Waals surface area contributed by atoms with E-state index in [0.717, 1.165) is 38.4 Å². The first-order chi connectivity index (χ1) is 14.3. The molecule has 0 amide bonds. The Morgan fingerprint density at radius 1 is 1.23 bits per heavy atom. The lowest BCUT2D eigenvalue weighted by Crippen LogP contribution is -2.49. The van der Waals surface area contributed by atoms with Gasteiger partial charge in [-0.2, -0.15) is 13.2 Å². The highest BCUT2D eigenvalue weighted by Gasteiger charge is 2.29. The van der Waals surface area contributed by atoms with Crippen LogP contribution in [-0.4, -0.2) is 76.2 Å². The average molecular weight is 560 g/mol. The van der Waals surface area contributed by atoms with E-state index in [2.05, 4.69) is 27.4 Å². The van der Waals surface area contributed by atoms with Crippen LogP contribution in [0.5, 0.6) is 11.5 Å². The number of hydrogen-bond acceptors (Lipinski definition) is 5. The summed E-state index contributed by atoms with van der Waals surface area (Å²) in [6.07, 6.45) is -4.40. The summed E-state index contributed by atoms with van der Waals surface area (Å²) in [5.74, 6) is 0.965. The number of morpholine rings is 1. The maximum absolute atomic E-state index is 12.4. The van der Waals surface area contributed by atoms with Crippen molar-refractivity contribution in [2.75, 3.05) is 53.1 Å². The molecular weight excluding hydrogens is 528 g/mol. The lowest BCUT2D eigenvalue weighted by molar-refractivity contribution is -0.153. The van der Waals surface area contributed by atoms with E-state index in [1.807, 2.05) is 6.92 Å². The Hall–Kier alpha value is -1.47. The van der Waals surface area contributed by atoms with Crippen LogP contribution in [0.25, 0.3) is 0 Å². The number of ether oxygens (including phenoxy) is 3. The van der Waals surface area contributed by atoms with Crippen molar-refractivity contribution < 1.29 is 27.4 Å². The average Bonchev–Trinajstić information content (AvgIpc) is 2.74. The van der Waals surface area contributed by atoms with Crippen LogP contribution in [0.4, 0.5) is 13.2 Å². The van der Waals surface area contributed by atoms with Gasteiger partial charge in [0.2, 0.25) is 0 Å². The standard InChI is InChI=1S/C20H31F3N4O3.HI/c1-4-24-19(25-12-15(2)27-7-9-29-10-8-27)26-13-16-5-6-17(18(11-16)28-3)30-14-20(21,22)23;/h5-6,11,15H,4,7-10,12-14H2,1-3H3,(H2,24,25,26);1H. The fourth-order valence-electron chi connectivity index (χ4n) is 2.99. The van der Waals surface area contributed by atoms with Gasteiger partial charge in [-0.3, -0.25) is 4.90 Å². The van der Waals surface area contributed by atoms with Crippen LogP contribution in [0.3, 0.4) is 0 Å². The molecule has 178 valence electrons. The second-order valence-corrected chi connectivity index (χ2v) is 6.96. The number of nitrogens with one attached hydrogen (secondary N) is 2. The van der Waals surface area contributed by atoms with Gasteiger partial charge in [0.1, 0.15) is 0 Å². The molecule has 1 aliphatic heterocycles. The SMILES string of the molecule is CCNC(=NCc1ccc(OCC(F)(F)F)c(OC)c1)NCC(C)N1CCOCC1.I. The normalized spacial score (nSPS) is 16.3. The molecule has 0 spiro atoms. The van der Waals surface area contributed by atoms with Gasteiger partial charge in [0.25, 0.3) is 0 Å². The number of rotatable bonds is 9. The van der Waals surface area contributed by atoms with Crippen LogP contribution in [0.1, 0.15) is 19.4 Å². The Labute approximate surface area is 198 Å². The van der Waals surface area contributed by atoms with E-state index in [1.165, 1.54) is 13.2 Å². The molecule has 0 radical (unpaired) electrons. The number of aliphatic imine (C=N–C) groups is 1. The summed E-state index contributed by atoms with van der Waals surface area (Å²) < 4.78 is 52.5. The topological polar surface area (TPSA) is 67.4 Å². The van der Waals surface area contributed by atoms with Gasteiger partial charge in [-0.05, 0) is 31.5 Å². The molecule has 2 rings (SSSR count). The first kappa shape index (κ1) is 27.6. The van der Waals surface area contributed by atoms with E-state index in [1.54, 1.807) is 12.1 Å². The van der Waals surface area contributed by atoms with Crippen molar-refractivity contribution >= 4 is 29.9 Å². The monoisotopic (exact) mass is 560 g/mol. The molecular formula is C20H32F3IN4O3. The van der Waals surface area contributed by atoms with Crippen LogP contribution < -0.4 is 20.1 Å². The van der Waals surface area contributed by atoms with Gasteiger partial charge in [-0.1, -0.05) is 6.07 Å². The molecule has 11 heteroatoms. The van der Waals surface area contributed by atoms with Crippen LogP contribution >= 0.6 is 24.0 Å². The first-order valence-corrected chi connectivity index (χ1v) is 10.0. The van der Waals surface area contributed by atoms with Gasteiger partial charge in [-0.15, -0.1) is 24.0 Å². The molecule has 1 aromatic rings. The number of nitrogens with zero attached hydrogens (tertiary/aromatic N) is 2. The molecule has 2 N–H and O–H groups in total. The number of guanidine groups is 1. The summed E-state index contributed by atoms with van der Waals surface area (Å²) in [6.45, 7) is 7.91. The highest BCUT2D eigenvalue weighted by atomic mass is 127. The van der Waals surface area contributed by atoms with Gasteiger partial charge < -0.3 is 24.8 Å². The third-order valence-electron chi connectivity index (χ3n) is 4.62. The van der Waals surface area contributed by atoms with Crippen molar-refractivity contribution in [2.45, 2.75) is 32.6 Å². The summed E-state index contributed by atoms with van der Waals surface area (Å²) in [5, 5.41) is 6.54. The molecule has 0 bridgehead atoms. The van der Waals surface area contributed by atoms with Gasteiger partial charge in [0, 0.05) is 32.2 Å². The van der Waals surface area contributed by atoms with Gasteiger partial charge >= 0.3 is 6.18 Å². The zero-order chi connectivity index (χ0) is 22.0. The van der Waals surface area contributed by atoms with E-state index < -0.39 is 12.8 Å². The Kier molecular flexibility index (Phi) is 12.3. The van der Waals surface area contributed by atoms with Gasteiger partial charge in [0.05, 0.1) is 26.9 Å². The minimum absolute atomic E-state index is 0. The predicted molar refractivity (Wildman–Crippen MR) is 125 cm³/mol. The summed E-state index contributed by atoms with van der Waals surface area (Å²) in [6, 6.07) is 5.12. The third-order valence-corrected chi connectivity index (χ3v) is 4.62. The molecule has 1 fully saturated rings. The van der Waals surface area contributed by atoms with E-state index in [9.17, 15) is 13.2 Å². The highest BCUT2D eigenvalue weighted by molar-refractivity contribution is 14.0. The lowest BCUT2D eigenvalue weighted by Gasteiger charge is -2.32. The highest BCUT2D eigenvalue weighted by Crippen LogP contribution is 2.30. The van der Waals surface area contributed by atoms with Crippen molar-refractivity contribution in [3.63, 3.8) is 0 Å². The Morgan fingerprint density at radius 3 is 2.55 bits per heavy atom. The quantitative estimate of drug-likeness (QED) is 0.275. The Balaban J connectivity index is 0.00000480. The maximum Gasteiger partial charge on any atom is 0.422 e. The minimum Gasteiger partial charge on any atom is -0.493 e. The summed E-state index contributed by atoms with van der Waals surface area (Å²) in [5.41, 5.74) is 0.796.